The fourth-order valence-corrected chi connectivity index (χ4v) is 1.29. The van der Waals surface area contributed by atoms with Gasteiger partial charge in [-0.2, -0.15) is 0 Å². The van der Waals surface area contributed by atoms with Crippen molar-refractivity contribution in [2.45, 2.75) is 32.4 Å². The molecule has 1 heterocycles. The average molecular weight is 228 g/mol. The van der Waals surface area contributed by atoms with Gasteiger partial charge in [-0.1, -0.05) is 18.5 Å². The molecular formula is C10H16N2O4. The van der Waals surface area contributed by atoms with Crippen LogP contribution < -0.4 is 5.32 Å². The summed E-state index contributed by atoms with van der Waals surface area (Å²) in [5.74, 6) is -0.665. The van der Waals surface area contributed by atoms with Gasteiger partial charge in [0.15, 0.2) is 11.5 Å². The Labute approximate surface area is 93.3 Å². The smallest absolute Gasteiger partial charge is 0.358 e. The largest absolute Gasteiger partial charge is 0.476 e. The van der Waals surface area contributed by atoms with Crippen LogP contribution >= 0.6 is 0 Å². The summed E-state index contributed by atoms with van der Waals surface area (Å²) in [6.45, 7) is 2.82. The van der Waals surface area contributed by atoms with Crippen molar-refractivity contribution in [3.8, 4) is 0 Å². The van der Waals surface area contributed by atoms with Crippen LogP contribution in [0, 0.1) is 0 Å². The summed E-state index contributed by atoms with van der Waals surface area (Å²) in [7, 11) is 0. The van der Waals surface area contributed by atoms with Crippen molar-refractivity contribution in [3.05, 3.63) is 17.5 Å². The molecule has 0 bridgehead atoms. The van der Waals surface area contributed by atoms with Crippen molar-refractivity contribution < 1.29 is 19.5 Å². The zero-order valence-electron chi connectivity index (χ0n) is 9.14. The van der Waals surface area contributed by atoms with Crippen molar-refractivity contribution >= 4 is 5.97 Å². The summed E-state index contributed by atoms with van der Waals surface area (Å²) < 4.78 is 4.79. The Kier molecular flexibility index (Phi) is 4.94. The average Bonchev–Trinajstić information content (AvgIpc) is 2.67. The molecule has 16 heavy (non-hydrogen) atoms. The normalized spacial score (nSPS) is 12.6. The Morgan fingerprint density at radius 3 is 3.00 bits per heavy atom. The van der Waals surface area contributed by atoms with Crippen LogP contribution in [0.5, 0.6) is 0 Å². The third-order valence-corrected chi connectivity index (χ3v) is 2.08. The number of carboxylic acids is 1. The van der Waals surface area contributed by atoms with Gasteiger partial charge in [0, 0.05) is 12.6 Å². The van der Waals surface area contributed by atoms with Crippen LogP contribution in [0.1, 0.15) is 36.0 Å². The molecule has 0 spiro atoms. The van der Waals surface area contributed by atoms with Gasteiger partial charge in [-0.15, -0.1) is 0 Å². The van der Waals surface area contributed by atoms with Crippen LogP contribution in [0.2, 0.25) is 0 Å². The number of carboxylic acid groups (broad SMARTS) is 1. The molecule has 0 radical (unpaired) electrons. The van der Waals surface area contributed by atoms with Crippen LogP contribution in [0.15, 0.2) is 10.6 Å². The number of aliphatic hydroxyl groups excluding tert-OH is 1. The first-order valence-electron chi connectivity index (χ1n) is 5.21. The summed E-state index contributed by atoms with van der Waals surface area (Å²) in [5, 5.41) is 24.4. The highest BCUT2D eigenvalue weighted by Gasteiger charge is 2.10. The summed E-state index contributed by atoms with van der Waals surface area (Å²) in [4.78, 5) is 10.5. The third kappa shape index (κ3) is 4.00. The number of aromatic nitrogens is 1. The highest BCUT2D eigenvalue weighted by Crippen LogP contribution is 2.03. The van der Waals surface area contributed by atoms with E-state index >= 15 is 0 Å². The molecule has 1 unspecified atom stereocenters. The first-order valence-corrected chi connectivity index (χ1v) is 5.21. The summed E-state index contributed by atoms with van der Waals surface area (Å²) in [5.41, 5.74) is -0.106. The lowest BCUT2D eigenvalue weighted by Crippen LogP contribution is -2.26. The molecule has 0 saturated heterocycles. The summed E-state index contributed by atoms with van der Waals surface area (Å²) >= 11 is 0. The van der Waals surface area contributed by atoms with Gasteiger partial charge >= 0.3 is 5.97 Å². The van der Waals surface area contributed by atoms with Gasteiger partial charge in [-0.05, 0) is 6.42 Å². The van der Waals surface area contributed by atoms with Crippen molar-refractivity contribution in [3.63, 3.8) is 0 Å². The summed E-state index contributed by atoms with van der Waals surface area (Å²) in [6.07, 6.45) is 1.28. The van der Waals surface area contributed by atoms with Crippen molar-refractivity contribution in [1.82, 2.24) is 10.5 Å². The van der Waals surface area contributed by atoms with Gasteiger partial charge in [-0.3, -0.25) is 0 Å². The van der Waals surface area contributed by atoms with Crippen LogP contribution in [-0.4, -0.2) is 34.0 Å². The van der Waals surface area contributed by atoms with Crippen LogP contribution in [-0.2, 0) is 6.54 Å². The van der Waals surface area contributed by atoms with E-state index in [4.69, 9.17) is 9.63 Å². The monoisotopic (exact) mass is 228 g/mol. The molecule has 1 rings (SSSR count). The second-order valence-electron chi connectivity index (χ2n) is 3.56. The Bertz CT molecular complexity index is 337. The highest BCUT2D eigenvalue weighted by atomic mass is 16.5. The number of nitrogens with one attached hydrogen (secondary N) is 1. The van der Waals surface area contributed by atoms with E-state index < -0.39 is 5.97 Å². The molecule has 0 fully saturated rings. The zero-order chi connectivity index (χ0) is 12.0. The van der Waals surface area contributed by atoms with Crippen LogP contribution in [0.25, 0.3) is 0 Å². The zero-order valence-corrected chi connectivity index (χ0v) is 9.14. The molecule has 1 aromatic heterocycles. The number of rotatable bonds is 7. The summed E-state index contributed by atoms with van der Waals surface area (Å²) in [6, 6.07) is 1.36. The Morgan fingerprint density at radius 2 is 2.44 bits per heavy atom. The van der Waals surface area contributed by atoms with Gasteiger partial charge < -0.3 is 20.1 Å². The molecule has 0 amide bonds. The molecule has 0 aromatic carbocycles. The Balaban J connectivity index is 2.29. The van der Waals surface area contributed by atoms with Crippen LogP contribution in [0.4, 0.5) is 0 Å². The molecule has 1 aromatic rings. The van der Waals surface area contributed by atoms with Gasteiger partial charge in [0.25, 0.3) is 0 Å². The first kappa shape index (κ1) is 12.7. The number of aliphatic hydroxyl groups is 1. The van der Waals surface area contributed by atoms with E-state index in [0.29, 0.717) is 18.8 Å². The highest BCUT2D eigenvalue weighted by molar-refractivity contribution is 5.85. The first-order chi connectivity index (χ1) is 7.63. The lowest BCUT2D eigenvalue weighted by Gasteiger charge is -2.08. The second-order valence-corrected chi connectivity index (χ2v) is 3.56. The van der Waals surface area contributed by atoms with E-state index in [1.165, 1.54) is 6.07 Å². The van der Waals surface area contributed by atoms with Gasteiger partial charge in [0.05, 0.1) is 12.6 Å². The maximum absolute atomic E-state index is 10.5. The van der Waals surface area contributed by atoms with E-state index in [9.17, 15) is 9.90 Å². The minimum Gasteiger partial charge on any atom is -0.476 e. The Hall–Kier alpha value is -1.40. The van der Waals surface area contributed by atoms with E-state index in [0.717, 1.165) is 12.8 Å². The topological polar surface area (TPSA) is 95.6 Å². The predicted octanol–water partition coefficient (Wildman–Crippen LogP) is 0.623. The SMILES string of the molecule is CCCC(O)CNCc1cc(C(=O)O)no1. The number of hydrogen-bond donors (Lipinski definition) is 3. The standard InChI is InChI=1S/C10H16N2O4/c1-2-3-7(13)5-11-6-8-4-9(10(14)15)12-16-8/h4,7,11,13H,2-3,5-6H2,1H3,(H,14,15). The predicted molar refractivity (Wildman–Crippen MR) is 56.1 cm³/mol. The van der Waals surface area contributed by atoms with E-state index in [-0.39, 0.29) is 11.8 Å². The van der Waals surface area contributed by atoms with E-state index in [1.54, 1.807) is 0 Å². The molecule has 0 aliphatic heterocycles. The molecular weight excluding hydrogens is 212 g/mol. The van der Waals surface area contributed by atoms with Crippen LogP contribution in [0.3, 0.4) is 0 Å². The molecule has 90 valence electrons. The van der Waals surface area contributed by atoms with Gasteiger partial charge in [0.1, 0.15) is 0 Å². The maximum Gasteiger partial charge on any atom is 0.358 e. The van der Waals surface area contributed by atoms with E-state index in [1.807, 2.05) is 6.92 Å². The number of carbonyl (C=O) groups is 1. The van der Waals surface area contributed by atoms with Crippen molar-refractivity contribution in [2.75, 3.05) is 6.54 Å². The van der Waals surface area contributed by atoms with Gasteiger partial charge in [-0.25, -0.2) is 4.79 Å². The van der Waals surface area contributed by atoms with Crippen molar-refractivity contribution in [2.24, 2.45) is 0 Å². The molecule has 3 N–H and O–H groups in total. The molecule has 6 heteroatoms. The molecule has 0 aliphatic carbocycles. The molecule has 6 nitrogen and oxygen atoms in total. The third-order valence-electron chi connectivity index (χ3n) is 2.08. The fraction of sp³-hybridized carbons (Fsp3) is 0.600. The quantitative estimate of drug-likeness (QED) is 0.633. The lowest BCUT2D eigenvalue weighted by atomic mass is 10.2. The lowest BCUT2D eigenvalue weighted by molar-refractivity contribution is 0.0685. The minimum absolute atomic E-state index is 0.106. The molecule has 0 saturated carbocycles. The number of hydrogen-bond acceptors (Lipinski definition) is 5. The fourth-order valence-electron chi connectivity index (χ4n) is 1.29. The minimum atomic E-state index is -1.11. The molecule has 1 atom stereocenters. The van der Waals surface area contributed by atoms with Gasteiger partial charge in [0.2, 0.25) is 0 Å². The number of nitrogens with zero attached hydrogens (tertiary/aromatic N) is 1. The van der Waals surface area contributed by atoms with E-state index in [2.05, 4.69) is 10.5 Å². The Morgan fingerprint density at radius 1 is 1.69 bits per heavy atom. The molecule has 0 aliphatic rings. The second kappa shape index (κ2) is 6.24. The van der Waals surface area contributed by atoms with Crippen molar-refractivity contribution in [1.29, 1.82) is 0 Å². The number of aromatic carboxylic acids is 1. The maximum atomic E-state index is 10.5.